The molecule has 0 aromatic carbocycles. The van der Waals surface area contributed by atoms with Crippen molar-refractivity contribution in [3.8, 4) is 0 Å². The van der Waals surface area contributed by atoms with E-state index in [1.165, 1.54) is 17.7 Å². The van der Waals surface area contributed by atoms with Crippen LogP contribution in [0.25, 0.3) is 0 Å². The van der Waals surface area contributed by atoms with Gasteiger partial charge in [-0.1, -0.05) is 19.0 Å². The first kappa shape index (κ1) is 16.6. The summed E-state index contributed by atoms with van der Waals surface area (Å²) in [6.45, 7) is 5.41. The van der Waals surface area contributed by atoms with Crippen LogP contribution >= 0.6 is 0 Å². The zero-order valence-electron chi connectivity index (χ0n) is 14.5. The van der Waals surface area contributed by atoms with Crippen molar-refractivity contribution >= 4 is 0 Å². The summed E-state index contributed by atoms with van der Waals surface area (Å²) in [5.74, 6) is 1.52. The highest BCUT2D eigenvalue weighted by Crippen LogP contribution is 2.31. The van der Waals surface area contributed by atoms with Gasteiger partial charge in [0.2, 0.25) is 5.89 Å². The van der Waals surface area contributed by atoms with E-state index in [0.29, 0.717) is 24.0 Å². The monoisotopic (exact) mass is 333 g/mol. The minimum absolute atomic E-state index is 0.0559. The Kier molecular flexibility index (Phi) is 4.40. The lowest BCUT2D eigenvalue weighted by molar-refractivity contribution is 0.227. The van der Waals surface area contributed by atoms with E-state index in [1.807, 2.05) is 13.8 Å². The number of hydrogen-bond acceptors (Lipinski definition) is 6. The van der Waals surface area contributed by atoms with Crippen LogP contribution in [0.4, 0.5) is 0 Å². The van der Waals surface area contributed by atoms with Crippen LogP contribution in [-0.2, 0) is 20.6 Å². The molecule has 8 heteroatoms. The van der Waals surface area contributed by atoms with Crippen molar-refractivity contribution in [2.24, 2.45) is 14.1 Å². The zero-order valence-corrected chi connectivity index (χ0v) is 14.5. The maximum Gasteiger partial charge on any atom is 0.330 e. The molecule has 2 aromatic rings. The third-order valence-corrected chi connectivity index (χ3v) is 4.60. The molecule has 0 amide bonds. The molecule has 24 heavy (non-hydrogen) atoms. The zero-order chi connectivity index (χ0) is 17.4. The molecule has 3 heterocycles. The average molecular weight is 333 g/mol. The van der Waals surface area contributed by atoms with E-state index >= 15 is 0 Å². The number of aromatic nitrogens is 4. The van der Waals surface area contributed by atoms with Crippen LogP contribution in [0.5, 0.6) is 0 Å². The summed E-state index contributed by atoms with van der Waals surface area (Å²) in [4.78, 5) is 30.7. The van der Waals surface area contributed by atoms with Crippen molar-refractivity contribution < 1.29 is 4.52 Å². The van der Waals surface area contributed by atoms with Gasteiger partial charge in [0.05, 0.1) is 6.04 Å². The smallest absolute Gasteiger partial charge is 0.330 e. The Balaban J connectivity index is 1.87. The van der Waals surface area contributed by atoms with Gasteiger partial charge in [-0.25, -0.2) is 4.79 Å². The predicted molar refractivity (Wildman–Crippen MR) is 87.7 cm³/mol. The van der Waals surface area contributed by atoms with Crippen molar-refractivity contribution in [2.75, 3.05) is 6.54 Å². The van der Waals surface area contributed by atoms with Crippen molar-refractivity contribution in [3.05, 3.63) is 44.3 Å². The molecule has 3 rings (SSSR count). The third-order valence-electron chi connectivity index (χ3n) is 4.60. The van der Waals surface area contributed by atoms with E-state index in [4.69, 9.17) is 4.52 Å². The second-order valence-corrected chi connectivity index (χ2v) is 6.65. The van der Waals surface area contributed by atoms with Crippen LogP contribution in [0.3, 0.4) is 0 Å². The summed E-state index contributed by atoms with van der Waals surface area (Å²) in [6.07, 6.45) is 1.96. The van der Waals surface area contributed by atoms with Crippen LogP contribution in [0.1, 0.15) is 56.1 Å². The summed E-state index contributed by atoms with van der Waals surface area (Å²) < 4.78 is 7.95. The third kappa shape index (κ3) is 2.93. The molecule has 2 aromatic heterocycles. The first-order valence-electron chi connectivity index (χ1n) is 8.22. The Morgan fingerprint density at radius 2 is 2.04 bits per heavy atom. The topological polar surface area (TPSA) is 86.2 Å². The van der Waals surface area contributed by atoms with Gasteiger partial charge in [-0.15, -0.1) is 0 Å². The highest BCUT2D eigenvalue weighted by atomic mass is 16.5. The molecule has 0 saturated carbocycles. The molecule has 0 aliphatic carbocycles. The summed E-state index contributed by atoms with van der Waals surface area (Å²) in [6, 6.07) is 1.58. The van der Waals surface area contributed by atoms with Gasteiger partial charge in [0, 0.05) is 38.3 Å². The molecule has 0 N–H and O–H groups in total. The number of nitrogens with zero attached hydrogens (tertiary/aromatic N) is 5. The molecule has 1 fully saturated rings. The van der Waals surface area contributed by atoms with E-state index in [2.05, 4.69) is 15.0 Å². The van der Waals surface area contributed by atoms with Crippen molar-refractivity contribution in [3.63, 3.8) is 0 Å². The van der Waals surface area contributed by atoms with Crippen molar-refractivity contribution in [1.82, 2.24) is 24.2 Å². The second-order valence-electron chi connectivity index (χ2n) is 6.65. The van der Waals surface area contributed by atoms with Crippen LogP contribution in [0.15, 0.2) is 20.2 Å². The van der Waals surface area contributed by atoms with E-state index in [9.17, 15) is 9.59 Å². The standard InChI is InChI=1S/C16H23N5O3/c1-10(2)15-17-14(18-24-15)12-6-5-7-21(12)9-11-8-13(22)20(4)16(23)19(11)3/h8,10,12H,5-7,9H2,1-4H3/t12-/m1/s1. The molecule has 0 unspecified atom stereocenters. The summed E-state index contributed by atoms with van der Waals surface area (Å²) in [7, 11) is 3.17. The molecule has 1 aliphatic heterocycles. The Labute approximate surface area is 139 Å². The van der Waals surface area contributed by atoms with E-state index < -0.39 is 0 Å². The molecule has 1 atom stereocenters. The van der Waals surface area contributed by atoms with Gasteiger partial charge in [-0.2, -0.15) is 4.98 Å². The maximum atomic E-state index is 12.1. The minimum atomic E-state index is -0.310. The highest BCUT2D eigenvalue weighted by molar-refractivity contribution is 5.06. The lowest BCUT2D eigenvalue weighted by Gasteiger charge is -2.23. The Bertz CT molecular complexity index is 848. The van der Waals surface area contributed by atoms with Crippen LogP contribution in [0, 0.1) is 0 Å². The second kappa shape index (κ2) is 6.35. The van der Waals surface area contributed by atoms with Gasteiger partial charge >= 0.3 is 5.69 Å². The van der Waals surface area contributed by atoms with Gasteiger partial charge in [-0.05, 0) is 19.4 Å². The van der Waals surface area contributed by atoms with Crippen molar-refractivity contribution in [1.29, 1.82) is 0 Å². The fraction of sp³-hybridized carbons (Fsp3) is 0.625. The highest BCUT2D eigenvalue weighted by Gasteiger charge is 2.31. The molecule has 130 valence electrons. The molecule has 0 bridgehead atoms. The predicted octanol–water partition coefficient (Wildman–Crippen LogP) is 0.928. The molecule has 1 aliphatic rings. The van der Waals surface area contributed by atoms with Crippen LogP contribution in [0.2, 0.25) is 0 Å². The molecule has 1 saturated heterocycles. The Hall–Kier alpha value is -2.22. The summed E-state index contributed by atoms with van der Waals surface area (Å²) >= 11 is 0. The largest absolute Gasteiger partial charge is 0.339 e. The lowest BCUT2D eigenvalue weighted by atomic mass is 10.2. The van der Waals surface area contributed by atoms with Gasteiger partial charge in [0.25, 0.3) is 5.56 Å². The quantitative estimate of drug-likeness (QED) is 0.827. The molecule has 0 radical (unpaired) electrons. The van der Waals surface area contributed by atoms with Crippen LogP contribution in [-0.4, -0.2) is 30.7 Å². The fourth-order valence-corrected chi connectivity index (χ4v) is 3.06. The van der Waals surface area contributed by atoms with E-state index in [1.54, 1.807) is 7.05 Å². The molecule has 0 spiro atoms. The summed E-state index contributed by atoms with van der Waals surface area (Å²) in [5, 5.41) is 4.12. The van der Waals surface area contributed by atoms with Gasteiger partial charge in [0.1, 0.15) is 0 Å². The maximum absolute atomic E-state index is 12.1. The molecular formula is C16H23N5O3. The molecular weight excluding hydrogens is 310 g/mol. The Morgan fingerprint density at radius 3 is 2.71 bits per heavy atom. The average Bonchev–Trinajstić information content (AvgIpc) is 3.19. The van der Waals surface area contributed by atoms with E-state index in [-0.39, 0.29) is 23.2 Å². The van der Waals surface area contributed by atoms with E-state index in [0.717, 1.165) is 24.0 Å². The summed E-state index contributed by atoms with van der Waals surface area (Å²) in [5.41, 5.74) is 0.1000. The Morgan fingerprint density at radius 1 is 1.29 bits per heavy atom. The lowest BCUT2D eigenvalue weighted by Crippen LogP contribution is -2.39. The normalized spacial score (nSPS) is 18.6. The van der Waals surface area contributed by atoms with Gasteiger partial charge in [-0.3, -0.25) is 18.8 Å². The van der Waals surface area contributed by atoms with Crippen molar-refractivity contribution in [2.45, 2.75) is 45.2 Å². The van der Waals surface area contributed by atoms with Crippen LogP contribution < -0.4 is 11.2 Å². The minimum Gasteiger partial charge on any atom is -0.339 e. The first-order valence-corrected chi connectivity index (χ1v) is 8.22. The fourth-order valence-electron chi connectivity index (χ4n) is 3.06. The van der Waals surface area contributed by atoms with Gasteiger partial charge < -0.3 is 4.52 Å². The first-order chi connectivity index (χ1) is 11.4. The number of rotatable bonds is 4. The number of hydrogen-bond donors (Lipinski definition) is 0. The van der Waals surface area contributed by atoms with Gasteiger partial charge in [0.15, 0.2) is 5.82 Å². The molecule has 8 nitrogen and oxygen atoms in total. The number of likely N-dealkylation sites (tertiary alicyclic amines) is 1. The SMILES string of the molecule is CC(C)c1nc([C@H]2CCCN2Cc2cc(=O)n(C)c(=O)n2C)no1.